The van der Waals surface area contributed by atoms with Crippen molar-refractivity contribution < 1.29 is 4.92 Å². The zero-order valence-electron chi connectivity index (χ0n) is 17.2. The van der Waals surface area contributed by atoms with Crippen LogP contribution < -0.4 is 4.80 Å². The number of aromatic nitrogens is 1. The highest BCUT2D eigenvalue weighted by molar-refractivity contribution is 7.07. The lowest BCUT2D eigenvalue weighted by Crippen LogP contribution is -2.15. The van der Waals surface area contributed by atoms with E-state index in [2.05, 4.69) is 11.6 Å². The minimum Gasteiger partial charge on any atom is -0.258 e. The van der Waals surface area contributed by atoms with Gasteiger partial charge in [0.05, 0.1) is 27.9 Å². The number of hydrogen-bond donors (Lipinski definition) is 0. The number of nitro benzene ring substituents is 1. The Morgan fingerprint density at radius 2 is 1.97 bits per heavy atom. The third kappa shape index (κ3) is 5.31. The minimum atomic E-state index is -0.394. The first-order chi connectivity index (χ1) is 14.7. The lowest BCUT2D eigenvalue weighted by Gasteiger charge is -2.09. The van der Waals surface area contributed by atoms with Crippen LogP contribution in [0.2, 0.25) is 10.0 Å². The van der Waals surface area contributed by atoms with Gasteiger partial charge >= 0.3 is 0 Å². The minimum absolute atomic E-state index is 0.0488. The summed E-state index contributed by atoms with van der Waals surface area (Å²) < 4.78 is 1.69. The van der Waals surface area contributed by atoms with E-state index in [0.29, 0.717) is 43.8 Å². The molecular formula is C22H20Cl2N4O2S. The van der Waals surface area contributed by atoms with Crippen molar-refractivity contribution in [2.24, 2.45) is 10.1 Å². The molecule has 0 N–H and O–H groups in total. The van der Waals surface area contributed by atoms with Crippen molar-refractivity contribution in [3.63, 3.8) is 0 Å². The second-order valence-corrected chi connectivity index (χ2v) is 8.74. The van der Waals surface area contributed by atoms with E-state index in [1.54, 1.807) is 42.8 Å². The Kier molecular flexibility index (Phi) is 7.10. The highest BCUT2D eigenvalue weighted by atomic mass is 35.5. The third-order valence-corrected chi connectivity index (χ3v) is 5.87. The number of rotatable bonds is 6. The van der Waals surface area contributed by atoms with Gasteiger partial charge in [0.15, 0.2) is 0 Å². The van der Waals surface area contributed by atoms with E-state index in [9.17, 15) is 10.1 Å². The van der Waals surface area contributed by atoms with Crippen LogP contribution in [0.3, 0.4) is 0 Å². The van der Waals surface area contributed by atoms with Gasteiger partial charge in [-0.2, -0.15) is 5.10 Å². The molecule has 0 spiro atoms. The van der Waals surface area contributed by atoms with Crippen LogP contribution in [0.1, 0.15) is 25.0 Å². The molecule has 0 saturated heterocycles. The molecule has 1 heterocycles. The van der Waals surface area contributed by atoms with E-state index in [4.69, 9.17) is 28.3 Å². The predicted octanol–water partition coefficient (Wildman–Crippen LogP) is 6.49. The van der Waals surface area contributed by atoms with Gasteiger partial charge in [-0.15, -0.1) is 11.3 Å². The summed E-state index contributed by atoms with van der Waals surface area (Å²) in [4.78, 5) is 16.2. The normalized spacial score (nSPS) is 12.3. The van der Waals surface area contributed by atoms with Crippen LogP contribution in [0.4, 0.5) is 5.69 Å². The first-order valence-corrected chi connectivity index (χ1v) is 10.9. The molecule has 2 aromatic carbocycles. The quantitative estimate of drug-likeness (QED) is 0.177. The fraction of sp³-hybridized carbons (Fsp3) is 0.182. The van der Waals surface area contributed by atoms with Gasteiger partial charge in [0, 0.05) is 33.2 Å². The van der Waals surface area contributed by atoms with Crippen LogP contribution in [-0.4, -0.2) is 21.9 Å². The van der Waals surface area contributed by atoms with Crippen LogP contribution in [0, 0.1) is 17.0 Å². The van der Waals surface area contributed by atoms with Gasteiger partial charge in [0.2, 0.25) is 4.80 Å². The van der Waals surface area contributed by atoms with Gasteiger partial charge in [-0.05, 0) is 39.0 Å². The molecule has 1 aromatic heterocycles. The summed E-state index contributed by atoms with van der Waals surface area (Å²) in [5, 5.41) is 19.1. The molecule has 9 heteroatoms. The van der Waals surface area contributed by atoms with Crippen molar-refractivity contribution in [2.75, 3.05) is 6.54 Å². The Labute approximate surface area is 194 Å². The van der Waals surface area contributed by atoms with E-state index in [-0.39, 0.29) is 5.69 Å². The molecule has 0 bridgehead atoms. The molecule has 0 unspecified atom stereocenters. The molecule has 0 aliphatic carbocycles. The second kappa shape index (κ2) is 9.60. The van der Waals surface area contributed by atoms with Crippen molar-refractivity contribution in [1.29, 1.82) is 0 Å². The van der Waals surface area contributed by atoms with Crippen molar-refractivity contribution in [1.82, 2.24) is 4.68 Å². The molecule has 3 rings (SSSR count). The van der Waals surface area contributed by atoms with Gasteiger partial charge in [0.1, 0.15) is 0 Å². The van der Waals surface area contributed by atoms with Crippen LogP contribution in [-0.2, 0) is 0 Å². The zero-order valence-corrected chi connectivity index (χ0v) is 19.6. The van der Waals surface area contributed by atoms with Gasteiger partial charge < -0.3 is 0 Å². The molecule has 0 amide bonds. The maximum Gasteiger partial charge on any atom is 0.272 e. The van der Waals surface area contributed by atoms with Gasteiger partial charge in [-0.1, -0.05) is 47.5 Å². The fourth-order valence-corrected chi connectivity index (χ4v) is 4.03. The van der Waals surface area contributed by atoms with E-state index < -0.39 is 4.92 Å². The van der Waals surface area contributed by atoms with Gasteiger partial charge in [-0.3, -0.25) is 15.1 Å². The van der Waals surface area contributed by atoms with Crippen molar-refractivity contribution in [3.05, 3.63) is 90.0 Å². The first kappa shape index (κ1) is 22.9. The molecule has 0 atom stereocenters. The summed E-state index contributed by atoms with van der Waals surface area (Å²) in [6.07, 6.45) is 0. The monoisotopic (exact) mass is 474 g/mol. The predicted molar refractivity (Wildman–Crippen MR) is 128 cm³/mol. The Balaban J connectivity index is 2.21. The Bertz CT molecular complexity index is 1270. The Morgan fingerprint density at radius 1 is 1.23 bits per heavy atom. The summed E-state index contributed by atoms with van der Waals surface area (Å²) >= 11 is 14.0. The molecule has 0 aliphatic heterocycles. The Hall–Kier alpha value is -2.74. The number of nitro groups is 1. The SMILES string of the molecule is C=C(C)CN=c1scc(-c2cc(Cl)ccc2Cl)n1N=C(C)c1ccc(C)c([N+](=O)[O-])c1. The molecule has 6 nitrogen and oxygen atoms in total. The van der Waals surface area contributed by atoms with Crippen molar-refractivity contribution in [2.45, 2.75) is 20.8 Å². The number of thiazole rings is 1. The standard InChI is InChI=1S/C22H20Cl2N4O2S/c1-13(2)11-25-22-27(21(12-31-22)18-10-17(23)7-8-19(18)24)26-15(4)16-6-5-14(3)20(9-16)28(29)30/h5-10,12H,1,11H2,2-4H3. The van der Waals surface area contributed by atoms with E-state index in [0.717, 1.165) is 11.3 Å². The van der Waals surface area contributed by atoms with Crippen molar-refractivity contribution in [3.8, 4) is 11.3 Å². The lowest BCUT2D eigenvalue weighted by atomic mass is 10.1. The van der Waals surface area contributed by atoms with Gasteiger partial charge in [-0.25, -0.2) is 4.68 Å². The Morgan fingerprint density at radius 3 is 2.65 bits per heavy atom. The van der Waals surface area contributed by atoms with E-state index in [1.807, 2.05) is 18.4 Å². The molecule has 3 aromatic rings. The lowest BCUT2D eigenvalue weighted by molar-refractivity contribution is -0.385. The number of benzene rings is 2. The third-order valence-electron chi connectivity index (χ3n) is 4.45. The summed E-state index contributed by atoms with van der Waals surface area (Å²) in [7, 11) is 0. The van der Waals surface area contributed by atoms with Crippen molar-refractivity contribution >= 4 is 45.9 Å². The maximum absolute atomic E-state index is 11.3. The maximum atomic E-state index is 11.3. The molecule has 0 radical (unpaired) electrons. The highest BCUT2D eigenvalue weighted by Gasteiger charge is 2.15. The summed E-state index contributed by atoms with van der Waals surface area (Å²) in [5.41, 5.74) is 4.23. The molecule has 160 valence electrons. The number of aryl methyl sites for hydroxylation is 1. The van der Waals surface area contributed by atoms with E-state index in [1.165, 1.54) is 17.4 Å². The molecule has 0 aliphatic rings. The molecular weight excluding hydrogens is 455 g/mol. The highest BCUT2D eigenvalue weighted by Crippen LogP contribution is 2.31. The van der Waals surface area contributed by atoms with Crippen LogP contribution in [0.5, 0.6) is 0 Å². The van der Waals surface area contributed by atoms with Gasteiger partial charge in [0.25, 0.3) is 5.69 Å². The second-order valence-electron chi connectivity index (χ2n) is 7.06. The number of nitrogens with zero attached hydrogens (tertiary/aromatic N) is 4. The zero-order chi connectivity index (χ0) is 22.7. The van der Waals surface area contributed by atoms with Crippen LogP contribution >= 0.6 is 34.5 Å². The largest absolute Gasteiger partial charge is 0.272 e. The topological polar surface area (TPSA) is 72.8 Å². The summed E-state index contributed by atoms with van der Waals surface area (Å²) in [6, 6.07) is 10.3. The number of halogens is 2. The average molecular weight is 475 g/mol. The summed E-state index contributed by atoms with van der Waals surface area (Å²) in [6.45, 7) is 9.75. The van der Waals surface area contributed by atoms with Crippen LogP contribution in [0.25, 0.3) is 11.3 Å². The first-order valence-electron chi connectivity index (χ1n) is 9.29. The molecule has 31 heavy (non-hydrogen) atoms. The average Bonchev–Trinajstić information content (AvgIpc) is 3.10. The fourth-order valence-electron chi connectivity index (χ4n) is 2.83. The smallest absolute Gasteiger partial charge is 0.258 e. The summed E-state index contributed by atoms with van der Waals surface area (Å²) in [5.74, 6) is 0. The van der Waals surface area contributed by atoms with E-state index >= 15 is 0 Å². The van der Waals surface area contributed by atoms with Crippen LogP contribution in [0.15, 0.2) is 64.0 Å². The molecule has 0 saturated carbocycles. The molecule has 0 fully saturated rings. The number of hydrogen-bond acceptors (Lipinski definition) is 5.